The molecule has 1 amide bonds. The number of amides is 1. The first kappa shape index (κ1) is 21.9. The van der Waals surface area contributed by atoms with E-state index >= 15 is 0 Å². The van der Waals surface area contributed by atoms with Crippen LogP contribution in [0, 0.1) is 5.82 Å². The zero-order valence-electron chi connectivity index (χ0n) is 17.3. The highest BCUT2D eigenvalue weighted by Crippen LogP contribution is 2.26. The lowest BCUT2D eigenvalue weighted by Gasteiger charge is -2.25. The highest BCUT2D eigenvalue weighted by Gasteiger charge is 2.34. The Morgan fingerprint density at radius 2 is 1.50 bits per heavy atom. The predicted octanol–water partition coefficient (Wildman–Crippen LogP) is 4.14. The molecule has 1 aliphatic heterocycles. The van der Waals surface area contributed by atoms with E-state index in [9.17, 15) is 22.4 Å². The van der Waals surface area contributed by atoms with E-state index in [1.807, 2.05) is 0 Å². The summed E-state index contributed by atoms with van der Waals surface area (Å²) in [7, 11) is -3.56. The lowest BCUT2D eigenvalue weighted by Crippen LogP contribution is -2.40. The van der Waals surface area contributed by atoms with Crippen molar-refractivity contribution in [1.29, 1.82) is 0 Å². The van der Waals surface area contributed by atoms with Gasteiger partial charge >= 0.3 is 0 Å². The monoisotopic (exact) mass is 451 g/mol. The van der Waals surface area contributed by atoms with E-state index in [2.05, 4.69) is 0 Å². The molecule has 1 aliphatic rings. The van der Waals surface area contributed by atoms with Gasteiger partial charge in [-0.3, -0.25) is 9.59 Å². The molecule has 0 bridgehead atoms. The lowest BCUT2D eigenvalue weighted by atomic mass is 9.97. The van der Waals surface area contributed by atoms with Crippen LogP contribution >= 0.6 is 0 Å². The Hall–Kier alpha value is -3.32. The van der Waals surface area contributed by atoms with Gasteiger partial charge in [0.1, 0.15) is 5.82 Å². The summed E-state index contributed by atoms with van der Waals surface area (Å²) >= 11 is 0. The van der Waals surface area contributed by atoms with Crippen molar-refractivity contribution >= 4 is 21.5 Å². The Kier molecular flexibility index (Phi) is 6.19. The first-order valence-corrected chi connectivity index (χ1v) is 12.0. The number of nitrogens with zero attached hydrogens (tertiary/aromatic N) is 1. The van der Waals surface area contributed by atoms with Gasteiger partial charge < -0.3 is 4.90 Å². The molecule has 1 heterocycles. The molecule has 4 rings (SSSR count). The van der Waals surface area contributed by atoms with Crippen molar-refractivity contribution in [3.05, 3.63) is 101 Å². The Bertz CT molecular complexity index is 1240. The smallest absolute Gasteiger partial charge is 0.254 e. The second kappa shape index (κ2) is 9.04. The Morgan fingerprint density at radius 1 is 0.875 bits per heavy atom. The van der Waals surface area contributed by atoms with E-state index in [1.165, 1.54) is 24.3 Å². The van der Waals surface area contributed by atoms with E-state index in [0.29, 0.717) is 19.4 Å². The van der Waals surface area contributed by atoms with Crippen LogP contribution in [0.1, 0.15) is 39.1 Å². The summed E-state index contributed by atoms with van der Waals surface area (Å²) in [4.78, 5) is 28.2. The molecule has 0 N–H and O–H groups in total. The van der Waals surface area contributed by atoms with Crippen molar-refractivity contribution < 1.29 is 22.4 Å². The van der Waals surface area contributed by atoms with E-state index < -0.39 is 21.7 Å². The van der Waals surface area contributed by atoms with Crippen LogP contribution in [0.25, 0.3) is 0 Å². The number of carbonyl (C=O) groups excluding carboxylic acids is 2. The molecule has 0 spiro atoms. The number of rotatable bonds is 6. The maximum atomic E-state index is 13.4. The molecule has 7 heteroatoms. The van der Waals surface area contributed by atoms with Crippen LogP contribution in [0.5, 0.6) is 0 Å². The first-order valence-electron chi connectivity index (χ1n) is 10.3. The summed E-state index contributed by atoms with van der Waals surface area (Å²) in [5.41, 5.74) is 0.697. The topological polar surface area (TPSA) is 71.5 Å². The molecule has 0 radical (unpaired) electrons. The van der Waals surface area contributed by atoms with Gasteiger partial charge in [0.15, 0.2) is 15.6 Å². The number of hydrogen-bond acceptors (Lipinski definition) is 4. The van der Waals surface area contributed by atoms with Crippen LogP contribution in [-0.4, -0.2) is 43.3 Å². The van der Waals surface area contributed by atoms with Crippen LogP contribution in [0.15, 0.2) is 83.8 Å². The van der Waals surface area contributed by atoms with Crippen molar-refractivity contribution in [2.24, 2.45) is 0 Å². The zero-order valence-corrected chi connectivity index (χ0v) is 18.1. The molecule has 1 saturated heterocycles. The van der Waals surface area contributed by atoms with Crippen LogP contribution in [0.3, 0.4) is 0 Å². The number of benzene rings is 3. The van der Waals surface area contributed by atoms with E-state index in [4.69, 9.17) is 0 Å². The Labute approximate surface area is 186 Å². The van der Waals surface area contributed by atoms with Crippen molar-refractivity contribution in [1.82, 2.24) is 4.90 Å². The van der Waals surface area contributed by atoms with Gasteiger partial charge in [0.2, 0.25) is 0 Å². The number of sulfone groups is 1. The molecule has 1 atom stereocenters. The third-order valence-corrected chi connectivity index (χ3v) is 7.47. The number of carbonyl (C=O) groups is 2. The average Bonchev–Trinajstić information content (AvgIpc) is 3.26. The van der Waals surface area contributed by atoms with E-state index in [0.717, 1.165) is 0 Å². The summed E-state index contributed by atoms with van der Waals surface area (Å²) in [6.07, 6.45) is 1.26. The van der Waals surface area contributed by atoms with Gasteiger partial charge in [0.05, 0.1) is 16.2 Å². The van der Waals surface area contributed by atoms with Gasteiger partial charge in [-0.2, -0.15) is 0 Å². The first-order chi connectivity index (χ1) is 15.4. The molecule has 5 nitrogen and oxygen atoms in total. The summed E-state index contributed by atoms with van der Waals surface area (Å²) in [6, 6.07) is 19.3. The molecule has 3 aromatic carbocycles. The molecule has 32 heavy (non-hydrogen) atoms. The van der Waals surface area contributed by atoms with Crippen molar-refractivity contribution in [3.63, 3.8) is 0 Å². The fraction of sp³-hybridized carbons (Fsp3) is 0.200. The summed E-state index contributed by atoms with van der Waals surface area (Å²) in [5.74, 6) is -1.38. The predicted molar refractivity (Wildman–Crippen MR) is 119 cm³/mol. The van der Waals surface area contributed by atoms with E-state index in [1.54, 1.807) is 59.5 Å². The quantitative estimate of drug-likeness (QED) is 0.528. The number of likely N-dealkylation sites (tertiary alicyclic amines) is 1. The molecule has 0 aromatic heterocycles. The number of ketones is 1. The minimum atomic E-state index is -3.56. The van der Waals surface area contributed by atoms with Crippen LogP contribution in [0.4, 0.5) is 4.39 Å². The summed E-state index contributed by atoms with van der Waals surface area (Å²) in [5, 5.41) is 0. The highest BCUT2D eigenvalue weighted by molar-refractivity contribution is 7.91. The fourth-order valence-corrected chi connectivity index (χ4v) is 5.65. The lowest BCUT2D eigenvalue weighted by molar-refractivity contribution is 0.0745. The van der Waals surface area contributed by atoms with E-state index in [-0.39, 0.29) is 39.0 Å². The molecule has 3 aromatic rings. The average molecular weight is 452 g/mol. The maximum Gasteiger partial charge on any atom is 0.254 e. The Morgan fingerprint density at radius 3 is 2.19 bits per heavy atom. The molecule has 164 valence electrons. The Balaban J connectivity index is 1.60. The molecular weight excluding hydrogens is 429 g/mol. The fourth-order valence-electron chi connectivity index (χ4n) is 4.03. The number of halogens is 1. The third kappa shape index (κ3) is 4.48. The third-order valence-electron chi connectivity index (χ3n) is 5.66. The van der Waals surface area contributed by atoms with Crippen LogP contribution < -0.4 is 0 Å². The van der Waals surface area contributed by atoms with Crippen molar-refractivity contribution in [2.75, 3.05) is 12.3 Å². The standard InChI is InChI=1S/C25H22FNO4S/c26-19-14-12-18(13-15-19)24(28)22-10-4-5-11-23(22)25(29)27-16-6-7-20(27)17-32(30,31)21-8-2-1-3-9-21/h1-5,8-15,20H,6-7,16-17H2. The molecule has 1 fully saturated rings. The largest absolute Gasteiger partial charge is 0.335 e. The van der Waals surface area contributed by atoms with Crippen LogP contribution in [-0.2, 0) is 9.84 Å². The van der Waals surface area contributed by atoms with Crippen molar-refractivity contribution in [2.45, 2.75) is 23.8 Å². The zero-order chi connectivity index (χ0) is 22.7. The molecule has 0 aliphatic carbocycles. The minimum absolute atomic E-state index is 0.170. The van der Waals surface area contributed by atoms with Crippen LogP contribution in [0.2, 0.25) is 0 Å². The highest BCUT2D eigenvalue weighted by atomic mass is 32.2. The van der Waals surface area contributed by atoms with Gasteiger partial charge in [0, 0.05) is 23.7 Å². The van der Waals surface area contributed by atoms with Gasteiger partial charge in [0.25, 0.3) is 5.91 Å². The van der Waals surface area contributed by atoms with Gasteiger partial charge in [-0.05, 0) is 55.3 Å². The molecule has 1 unspecified atom stereocenters. The van der Waals surface area contributed by atoms with Gasteiger partial charge in [-0.1, -0.05) is 36.4 Å². The summed E-state index contributed by atoms with van der Waals surface area (Å²) in [6.45, 7) is 0.423. The minimum Gasteiger partial charge on any atom is -0.335 e. The van der Waals surface area contributed by atoms with Crippen molar-refractivity contribution in [3.8, 4) is 0 Å². The summed E-state index contributed by atoms with van der Waals surface area (Å²) < 4.78 is 39.0. The maximum absolute atomic E-state index is 13.4. The SMILES string of the molecule is O=C(c1ccc(F)cc1)c1ccccc1C(=O)N1CCCC1CS(=O)(=O)c1ccccc1. The molecule has 0 saturated carbocycles. The van der Waals surface area contributed by atoms with Gasteiger partial charge in [-0.25, -0.2) is 12.8 Å². The second-order valence-electron chi connectivity index (χ2n) is 7.77. The number of hydrogen-bond donors (Lipinski definition) is 0. The normalized spacial score (nSPS) is 16.2. The van der Waals surface area contributed by atoms with Gasteiger partial charge in [-0.15, -0.1) is 0 Å². The molecular formula is C25H22FNO4S. The second-order valence-corrected chi connectivity index (χ2v) is 9.80.